The van der Waals surface area contributed by atoms with Crippen LogP contribution in [0.2, 0.25) is 0 Å². The van der Waals surface area contributed by atoms with Crippen LogP contribution in [0.4, 0.5) is 0 Å². The lowest BCUT2D eigenvalue weighted by atomic mass is 9.97. The number of aromatic nitrogens is 1. The molecule has 156 valence electrons. The zero-order valence-corrected chi connectivity index (χ0v) is 18.9. The number of carboxylic acid groups (broad SMARTS) is 1. The van der Waals surface area contributed by atoms with Gasteiger partial charge in [0.05, 0.1) is 0 Å². The number of thioether (sulfide) groups is 2. The number of amides is 1. The lowest BCUT2D eigenvalue weighted by Gasteiger charge is -2.17. The summed E-state index contributed by atoms with van der Waals surface area (Å²) in [7, 11) is 0. The first-order chi connectivity index (χ1) is 14.6. The molecule has 0 saturated carbocycles. The number of nitrogens with one attached hydrogen (secondary N) is 1. The maximum atomic E-state index is 13.0. The molecule has 1 unspecified atom stereocenters. The van der Waals surface area contributed by atoms with Gasteiger partial charge in [-0.1, -0.05) is 48.2 Å². The van der Waals surface area contributed by atoms with Gasteiger partial charge in [-0.05, 0) is 47.3 Å². The van der Waals surface area contributed by atoms with E-state index in [2.05, 4.69) is 10.3 Å². The fourth-order valence-corrected chi connectivity index (χ4v) is 4.94. The van der Waals surface area contributed by atoms with Gasteiger partial charge in [0.2, 0.25) is 0 Å². The summed E-state index contributed by atoms with van der Waals surface area (Å²) >= 11 is 4.80. The zero-order valence-electron chi connectivity index (χ0n) is 16.4. The molecule has 1 atom stereocenters. The number of rotatable bonds is 10. The summed E-state index contributed by atoms with van der Waals surface area (Å²) in [5, 5.41) is 14.1. The molecule has 2 aromatic carbocycles. The number of carboxylic acids is 1. The molecule has 0 saturated heterocycles. The van der Waals surface area contributed by atoms with Gasteiger partial charge in [-0.25, -0.2) is 9.78 Å². The predicted octanol–water partition coefficient (Wildman–Crippen LogP) is 5.04. The second-order valence-electron chi connectivity index (χ2n) is 6.48. The fourth-order valence-electron chi connectivity index (χ4n) is 2.89. The van der Waals surface area contributed by atoms with Gasteiger partial charge in [0.1, 0.15) is 10.4 Å². The molecule has 1 amide bonds. The van der Waals surface area contributed by atoms with Gasteiger partial charge in [0, 0.05) is 22.9 Å². The molecule has 0 aliphatic heterocycles. The molecule has 5 nitrogen and oxygen atoms in total. The molecule has 0 aliphatic carbocycles. The van der Waals surface area contributed by atoms with E-state index in [-0.39, 0.29) is 5.91 Å². The number of carbonyl (C=O) groups is 2. The first-order valence-corrected chi connectivity index (χ1v) is 12.6. The minimum Gasteiger partial charge on any atom is -0.480 e. The van der Waals surface area contributed by atoms with Crippen LogP contribution in [0.25, 0.3) is 11.1 Å². The fraction of sp³-hybridized carbons (Fsp3) is 0.227. The summed E-state index contributed by atoms with van der Waals surface area (Å²) in [5.74, 6) is 0.00721. The van der Waals surface area contributed by atoms with Crippen molar-refractivity contribution in [2.75, 3.05) is 12.0 Å². The van der Waals surface area contributed by atoms with Crippen LogP contribution in [0.5, 0.6) is 0 Å². The third-order valence-electron chi connectivity index (χ3n) is 4.40. The van der Waals surface area contributed by atoms with Crippen molar-refractivity contribution in [3.8, 4) is 11.1 Å². The summed E-state index contributed by atoms with van der Waals surface area (Å²) in [6, 6.07) is 14.5. The Morgan fingerprint density at radius 3 is 2.67 bits per heavy atom. The third-order valence-corrected chi connectivity index (χ3v) is 7.08. The molecule has 3 rings (SSSR count). The quantitative estimate of drug-likeness (QED) is 0.415. The highest BCUT2D eigenvalue weighted by atomic mass is 32.2. The van der Waals surface area contributed by atoms with Gasteiger partial charge >= 0.3 is 5.97 Å². The second kappa shape index (κ2) is 11.2. The van der Waals surface area contributed by atoms with Crippen molar-refractivity contribution in [1.29, 1.82) is 0 Å². The zero-order chi connectivity index (χ0) is 21.3. The summed E-state index contributed by atoms with van der Waals surface area (Å²) in [4.78, 5) is 28.8. The maximum Gasteiger partial charge on any atom is 0.326 e. The average molecular weight is 459 g/mol. The number of nitrogens with zero attached hydrogens (tertiary/aromatic N) is 1. The van der Waals surface area contributed by atoms with Gasteiger partial charge in [0.25, 0.3) is 5.91 Å². The van der Waals surface area contributed by atoms with Crippen molar-refractivity contribution in [3.63, 3.8) is 0 Å². The average Bonchev–Trinajstić information content (AvgIpc) is 3.29. The van der Waals surface area contributed by atoms with Crippen molar-refractivity contribution in [1.82, 2.24) is 10.3 Å². The topological polar surface area (TPSA) is 79.3 Å². The van der Waals surface area contributed by atoms with Gasteiger partial charge in [-0.2, -0.15) is 11.8 Å². The molecule has 0 radical (unpaired) electrons. The Bertz CT molecular complexity index is 979. The highest BCUT2D eigenvalue weighted by Gasteiger charge is 2.22. The highest BCUT2D eigenvalue weighted by molar-refractivity contribution is 8.00. The van der Waals surface area contributed by atoms with E-state index in [4.69, 9.17) is 0 Å². The van der Waals surface area contributed by atoms with Gasteiger partial charge < -0.3 is 10.4 Å². The molecule has 0 fully saturated rings. The Hall–Kier alpha value is -2.29. The smallest absolute Gasteiger partial charge is 0.326 e. The van der Waals surface area contributed by atoms with Crippen LogP contribution in [-0.2, 0) is 10.5 Å². The Labute approximate surface area is 188 Å². The van der Waals surface area contributed by atoms with E-state index < -0.39 is 12.0 Å². The standard InChI is InChI=1S/C22H22N2O3S3/c1-28-11-9-19(21(26)27)24-20(25)17-8-7-15(14-30-22-23-10-12-29-22)13-18(17)16-5-3-2-4-6-16/h2-8,10,12-13,19H,9,11,14H2,1H3,(H,24,25)(H,26,27). The van der Waals surface area contributed by atoms with Crippen LogP contribution < -0.4 is 5.32 Å². The molecule has 3 aromatic rings. The number of benzene rings is 2. The van der Waals surface area contributed by atoms with E-state index in [0.717, 1.165) is 26.8 Å². The third kappa shape index (κ3) is 6.10. The highest BCUT2D eigenvalue weighted by Crippen LogP contribution is 2.29. The summed E-state index contributed by atoms with van der Waals surface area (Å²) < 4.78 is 0.996. The lowest BCUT2D eigenvalue weighted by molar-refractivity contribution is -0.139. The summed E-state index contributed by atoms with van der Waals surface area (Å²) in [6.07, 6.45) is 4.08. The monoisotopic (exact) mass is 458 g/mol. The molecule has 30 heavy (non-hydrogen) atoms. The van der Waals surface area contributed by atoms with Crippen molar-refractivity contribution in [3.05, 3.63) is 71.2 Å². The Morgan fingerprint density at radius 1 is 1.20 bits per heavy atom. The largest absolute Gasteiger partial charge is 0.480 e. The second-order valence-corrected chi connectivity index (χ2v) is 9.58. The molecule has 8 heteroatoms. The SMILES string of the molecule is CSCCC(NC(=O)c1ccc(CSc2nccs2)cc1-c1ccccc1)C(=O)O. The van der Waals surface area contributed by atoms with Crippen molar-refractivity contribution >= 4 is 46.7 Å². The van der Waals surface area contributed by atoms with Crippen LogP contribution in [0, 0.1) is 0 Å². The Kier molecular flexibility index (Phi) is 8.36. The van der Waals surface area contributed by atoms with Crippen molar-refractivity contribution < 1.29 is 14.7 Å². The van der Waals surface area contributed by atoms with Crippen LogP contribution in [-0.4, -0.2) is 40.0 Å². The predicted molar refractivity (Wildman–Crippen MR) is 125 cm³/mol. The molecule has 0 spiro atoms. The van der Waals surface area contributed by atoms with Gasteiger partial charge in [-0.15, -0.1) is 11.3 Å². The van der Waals surface area contributed by atoms with E-state index in [9.17, 15) is 14.7 Å². The minimum absolute atomic E-state index is 0.374. The molecule has 1 aromatic heterocycles. The number of thiazole rings is 1. The molecular formula is C22H22N2O3S3. The summed E-state index contributed by atoms with van der Waals surface area (Å²) in [5.41, 5.74) is 3.25. The molecular weight excluding hydrogens is 436 g/mol. The molecule has 1 heterocycles. The first-order valence-electron chi connectivity index (χ1n) is 9.31. The van der Waals surface area contributed by atoms with E-state index in [1.807, 2.05) is 54.1 Å². The first kappa shape index (κ1) is 22.4. The van der Waals surface area contributed by atoms with Gasteiger partial charge in [0.15, 0.2) is 0 Å². The molecule has 0 aliphatic rings. The molecule has 2 N–H and O–H groups in total. The summed E-state index contributed by atoms with van der Waals surface area (Å²) in [6.45, 7) is 0. The van der Waals surface area contributed by atoms with E-state index >= 15 is 0 Å². The van der Waals surface area contributed by atoms with Crippen molar-refractivity contribution in [2.45, 2.75) is 22.6 Å². The normalized spacial score (nSPS) is 11.8. The van der Waals surface area contributed by atoms with Crippen molar-refractivity contribution in [2.24, 2.45) is 0 Å². The van der Waals surface area contributed by atoms with Crippen LogP contribution >= 0.6 is 34.9 Å². The number of carbonyl (C=O) groups excluding carboxylic acids is 1. The van der Waals surface area contributed by atoms with Crippen LogP contribution in [0.15, 0.2) is 64.4 Å². The Balaban J connectivity index is 1.86. The minimum atomic E-state index is -1.02. The number of aliphatic carboxylic acids is 1. The van der Waals surface area contributed by atoms with Crippen LogP contribution in [0.1, 0.15) is 22.3 Å². The Morgan fingerprint density at radius 2 is 2.00 bits per heavy atom. The molecule has 0 bridgehead atoms. The van der Waals surface area contributed by atoms with E-state index in [1.165, 1.54) is 0 Å². The number of hydrogen-bond acceptors (Lipinski definition) is 6. The van der Waals surface area contributed by atoms with E-state index in [0.29, 0.717) is 17.7 Å². The van der Waals surface area contributed by atoms with E-state index in [1.54, 1.807) is 47.1 Å². The van der Waals surface area contributed by atoms with Gasteiger partial charge in [-0.3, -0.25) is 4.79 Å². The van der Waals surface area contributed by atoms with Crippen LogP contribution in [0.3, 0.4) is 0 Å². The lowest BCUT2D eigenvalue weighted by Crippen LogP contribution is -2.41. The maximum absolute atomic E-state index is 13.0. The number of hydrogen-bond donors (Lipinski definition) is 2.